The molecule has 0 aromatic heterocycles. The summed E-state index contributed by atoms with van der Waals surface area (Å²) < 4.78 is 0. The van der Waals surface area contributed by atoms with Crippen molar-refractivity contribution in [3.05, 3.63) is 0 Å². The molecule has 0 amide bonds. The van der Waals surface area contributed by atoms with Crippen LogP contribution in [0.2, 0.25) is 0 Å². The molecule has 1 heterocycles. The summed E-state index contributed by atoms with van der Waals surface area (Å²) in [6, 6.07) is 0. The maximum Gasteiger partial charge on any atom is 0.183 e. The minimum atomic E-state index is -0.0852. The van der Waals surface area contributed by atoms with Crippen LogP contribution in [-0.2, 0) is 4.79 Å². The van der Waals surface area contributed by atoms with Gasteiger partial charge < -0.3 is 5.84 Å². The number of hydrogen-bond acceptors (Lipinski definition) is 4. The van der Waals surface area contributed by atoms with Gasteiger partial charge in [-0.05, 0) is 0 Å². The highest BCUT2D eigenvalue weighted by atomic mass is 16.1. The topological polar surface area (TPSA) is 79.8 Å². The molecule has 0 saturated carbocycles. The van der Waals surface area contributed by atoms with Crippen LogP contribution in [0.4, 0.5) is 0 Å². The van der Waals surface area contributed by atoms with Gasteiger partial charge in [0.2, 0.25) is 0 Å². The molecule has 0 radical (unpaired) electrons. The quantitative estimate of drug-likeness (QED) is 0.316. The molecule has 0 aromatic rings. The Morgan fingerprint density at radius 3 is 3.11 bits per heavy atom. The number of ketones is 1. The highest BCUT2D eigenvalue weighted by Gasteiger charge is 2.08. The van der Waals surface area contributed by atoms with Gasteiger partial charge in [-0.1, -0.05) is 0 Å². The molecule has 0 spiro atoms. The first-order chi connectivity index (χ1) is 4.33. The molecule has 0 aromatic carbocycles. The van der Waals surface area contributed by atoms with E-state index in [1.807, 2.05) is 0 Å². The fraction of sp³-hybridized carbons (Fsp3) is 0.250. The second kappa shape index (κ2) is 2.25. The Balaban J connectivity index is 2.68. The standard InChI is InChI=1S/C4H6N4O/c5-7-4-1-3(9)2-6-8-4/h2H,1,5H2,(H,7,8). The summed E-state index contributed by atoms with van der Waals surface area (Å²) in [4.78, 5) is 10.5. The van der Waals surface area contributed by atoms with Gasteiger partial charge in [0.15, 0.2) is 5.78 Å². The van der Waals surface area contributed by atoms with Gasteiger partial charge in [-0.15, -0.1) is 0 Å². The lowest BCUT2D eigenvalue weighted by Gasteiger charge is -2.04. The molecule has 5 heteroatoms. The Bertz CT molecular complexity index is 183. The maximum absolute atomic E-state index is 10.5. The number of hydrogen-bond donors (Lipinski definition) is 2. The van der Waals surface area contributed by atoms with Crippen LogP contribution in [0.5, 0.6) is 0 Å². The van der Waals surface area contributed by atoms with Gasteiger partial charge in [0.1, 0.15) is 5.84 Å². The van der Waals surface area contributed by atoms with Gasteiger partial charge in [-0.25, -0.2) is 0 Å². The van der Waals surface area contributed by atoms with Gasteiger partial charge in [0, 0.05) is 0 Å². The molecule has 9 heavy (non-hydrogen) atoms. The molecule has 1 aliphatic rings. The number of nitrogens with zero attached hydrogens (tertiary/aromatic N) is 2. The van der Waals surface area contributed by atoms with E-state index in [9.17, 15) is 4.79 Å². The van der Waals surface area contributed by atoms with E-state index in [1.54, 1.807) is 0 Å². The van der Waals surface area contributed by atoms with Gasteiger partial charge in [-0.2, -0.15) is 10.2 Å². The van der Waals surface area contributed by atoms with Crippen LogP contribution in [0.1, 0.15) is 6.42 Å². The highest BCUT2D eigenvalue weighted by molar-refractivity contribution is 6.33. The predicted molar refractivity (Wildman–Crippen MR) is 32.9 cm³/mol. The fourth-order valence-corrected chi connectivity index (χ4v) is 0.503. The largest absolute Gasteiger partial charge is 0.322 e. The number of amidine groups is 1. The molecule has 5 nitrogen and oxygen atoms in total. The molecule has 0 bridgehead atoms. The zero-order valence-electron chi connectivity index (χ0n) is 4.66. The van der Waals surface area contributed by atoms with Crippen molar-refractivity contribution in [3.8, 4) is 0 Å². The number of hydrazone groups is 2. The predicted octanol–water partition coefficient (Wildman–Crippen LogP) is -1.19. The maximum atomic E-state index is 10.5. The second-order valence-corrected chi connectivity index (χ2v) is 1.59. The summed E-state index contributed by atoms with van der Waals surface area (Å²) >= 11 is 0. The first-order valence-corrected chi connectivity index (χ1v) is 2.41. The number of carbonyl (C=O) groups excluding carboxylic acids is 1. The van der Waals surface area contributed by atoms with Crippen LogP contribution >= 0.6 is 0 Å². The van der Waals surface area contributed by atoms with Crippen molar-refractivity contribution in [2.45, 2.75) is 6.42 Å². The smallest absolute Gasteiger partial charge is 0.183 e. The number of Topliss-reactive ketones (excluding diaryl/α,β-unsaturated/α-hetero) is 1. The lowest BCUT2D eigenvalue weighted by atomic mass is 10.3. The van der Waals surface area contributed by atoms with E-state index in [2.05, 4.69) is 15.6 Å². The van der Waals surface area contributed by atoms with Crippen molar-refractivity contribution in [3.63, 3.8) is 0 Å². The van der Waals surface area contributed by atoms with Crippen LogP contribution in [0, 0.1) is 0 Å². The van der Waals surface area contributed by atoms with Gasteiger partial charge in [0.25, 0.3) is 0 Å². The molecule has 0 aliphatic carbocycles. The van der Waals surface area contributed by atoms with Crippen LogP contribution < -0.4 is 11.3 Å². The first kappa shape index (κ1) is 5.74. The number of rotatable bonds is 0. The molecule has 0 unspecified atom stereocenters. The van der Waals surface area contributed by atoms with Crippen molar-refractivity contribution in [1.82, 2.24) is 5.43 Å². The van der Waals surface area contributed by atoms with Crippen LogP contribution in [0.3, 0.4) is 0 Å². The highest BCUT2D eigenvalue weighted by Crippen LogP contribution is 1.87. The summed E-state index contributed by atoms with van der Waals surface area (Å²) in [7, 11) is 0. The average Bonchev–Trinajstić information content (AvgIpc) is 1.88. The van der Waals surface area contributed by atoms with Gasteiger partial charge >= 0.3 is 0 Å². The van der Waals surface area contributed by atoms with Crippen molar-refractivity contribution < 1.29 is 4.79 Å². The molecular formula is C4H6N4O. The zero-order valence-corrected chi connectivity index (χ0v) is 4.66. The zero-order chi connectivity index (χ0) is 6.69. The molecule has 1 rings (SSSR count). The van der Waals surface area contributed by atoms with E-state index >= 15 is 0 Å². The average molecular weight is 126 g/mol. The summed E-state index contributed by atoms with van der Waals surface area (Å²) in [5.74, 6) is 5.18. The third-order valence-corrected chi connectivity index (χ3v) is 0.900. The molecule has 3 N–H and O–H groups in total. The molecule has 0 saturated heterocycles. The molecule has 0 atom stereocenters. The minimum absolute atomic E-state index is 0.0852. The van der Waals surface area contributed by atoms with Crippen molar-refractivity contribution in [1.29, 1.82) is 0 Å². The summed E-state index contributed by atoms with van der Waals surface area (Å²) in [6.45, 7) is 0. The summed E-state index contributed by atoms with van der Waals surface area (Å²) in [5, 5.41) is 6.74. The normalized spacial score (nSPS) is 22.2. The monoisotopic (exact) mass is 126 g/mol. The Labute approximate surface area is 51.6 Å². The SMILES string of the molecule is N/N=C1/CC(=O)C=NN1. The summed E-state index contributed by atoms with van der Waals surface area (Å²) in [5.41, 5.74) is 2.47. The number of carbonyl (C=O) groups is 1. The van der Waals surface area contributed by atoms with Gasteiger partial charge in [-0.3, -0.25) is 10.2 Å². The van der Waals surface area contributed by atoms with Crippen LogP contribution in [-0.4, -0.2) is 17.8 Å². The van der Waals surface area contributed by atoms with E-state index in [0.717, 1.165) is 0 Å². The first-order valence-electron chi connectivity index (χ1n) is 2.41. The third-order valence-electron chi connectivity index (χ3n) is 0.900. The Morgan fingerprint density at radius 2 is 2.67 bits per heavy atom. The van der Waals surface area contributed by atoms with E-state index in [0.29, 0.717) is 5.84 Å². The van der Waals surface area contributed by atoms with Crippen molar-refractivity contribution in [2.75, 3.05) is 0 Å². The van der Waals surface area contributed by atoms with Crippen LogP contribution in [0.15, 0.2) is 10.2 Å². The molecular weight excluding hydrogens is 120 g/mol. The second-order valence-electron chi connectivity index (χ2n) is 1.59. The third kappa shape index (κ3) is 1.25. The number of nitrogens with two attached hydrogens (primary N) is 1. The van der Waals surface area contributed by atoms with Crippen molar-refractivity contribution in [2.24, 2.45) is 16.0 Å². The van der Waals surface area contributed by atoms with E-state index < -0.39 is 0 Å². The Hall–Kier alpha value is -1.39. The molecule has 0 fully saturated rings. The van der Waals surface area contributed by atoms with E-state index in [4.69, 9.17) is 5.84 Å². The van der Waals surface area contributed by atoms with E-state index in [1.165, 1.54) is 6.21 Å². The minimum Gasteiger partial charge on any atom is -0.322 e. The Kier molecular flexibility index (Phi) is 1.44. The lowest BCUT2D eigenvalue weighted by Crippen LogP contribution is -2.28. The Morgan fingerprint density at radius 1 is 1.89 bits per heavy atom. The molecule has 1 aliphatic heterocycles. The van der Waals surface area contributed by atoms with Crippen LogP contribution in [0.25, 0.3) is 0 Å². The number of nitrogens with one attached hydrogen (secondary N) is 1. The lowest BCUT2D eigenvalue weighted by molar-refractivity contribution is -0.111. The van der Waals surface area contributed by atoms with E-state index in [-0.39, 0.29) is 12.2 Å². The van der Waals surface area contributed by atoms with Crippen molar-refractivity contribution >= 4 is 17.8 Å². The molecule has 48 valence electrons. The fourth-order valence-electron chi connectivity index (χ4n) is 0.503. The summed E-state index contributed by atoms with van der Waals surface area (Å²) in [6.07, 6.45) is 1.43. The van der Waals surface area contributed by atoms with Gasteiger partial charge in [0.05, 0.1) is 12.6 Å².